The van der Waals surface area contributed by atoms with Gasteiger partial charge in [-0.05, 0) is 43.4 Å². The zero-order valence-electron chi connectivity index (χ0n) is 16.4. The van der Waals surface area contributed by atoms with Crippen LogP contribution in [-0.4, -0.2) is 27.7 Å². The summed E-state index contributed by atoms with van der Waals surface area (Å²) in [6, 6.07) is 7.44. The normalized spacial score (nSPS) is 17.0. The van der Waals surface area contributed by atoms with Crippen LogP contribution in [0.5, 0.6) is 0 Å². The molecule has 2 heterocycles. The average Bonchev–Trinajstić information content (AvgIpc) is 3.47. The van der Waals surface area contributed by atoms with E-state index in [2.05, 4.69) is 10.4 Å². The number of nitrogens with zero attached hydrogens (tertiary/aromatic N) is 3. The van der Waals surface area contributed by atoms with Gasteiger partial charge in [-0.25, -0.2) is 9.78 Å². The first-order chi connectivity index (χ1) is 14.1. The molecule has 0 aliphatic heterocycles. The number of nitrogens with one attached hydrogen (secondary N) is 1. The van der Waals surface area contributed by atoms with Crippen LogP contribution in [0.3, 0.4) is 0 Å². The largest absolute Gasteiger partial charge is 0.465 e. The van der Waals surface area contributed by atoms with Crippen molar-refractivity contribution in [3.8, 4) is 0 Å². The number of hydrogen-bond donors (Lipinski definition) is 1. The third-order valence-electron chi connectivity index (χ3n) is 6.45. The van der Waals surface area contributed by atoms with E-state index in [4.69, 9.17) is 21.3 Å². The summed E-state index contributed by atoms with van der Waals surface area (Å²) < 4.78 is 6.60. The average molecular weight is 411 g/mol. The quantitative estimate of drug-likeness (QED) is 0.639. The minimum atomic E-state index is -0.328. The Bertz CT molecular complexity index is 1080. The summed E-state index contributed by atoms with van der Waals surface area (Å²) in [7, 11) is 1.39. The molecule has 1 aromatic carbocycles. The molecule has 0 amide bonds. The number of anilines is 1. The first kappa shape index (κ1) is 18.4. The third-order valence-corrected chi connectivity index (χ3v) is 6.72. The summed E-state index contributed by atoms with van der Waals surface area (Å²) in [4.78, 5) is 16.6. The van der Waals surface area contributed by atoms with E-state index in [0.29, 0.717) is 17.1 Å². The summed E-state index contributed by atoms with van der Waals surface area (Å²) in [5.41, 5.74) is 5.04. The van der Waals surface area contributed by atoms with Crippen molar-refractivity contribution < 1.29 is 9.53 Å². The minimum absolute atomic E-state index is 0.212. The maximum atomic E-state index is 11.6. The van der Waals surface area contributed by atoms with Crippen molar-refractivity contribution in [3.63, 3.8) is 0 Å². The van der Waals surface area contributed by atoms with Crippen LogP contribution < -0.4 is 5.32 Å². The van der Waals surface area contributed by atoms with Crippen LogP contribution in [0.25, 0.3) is 5.65 Å². The molecule has 29 heavy (non-hydrogen) atoms. The molecule has 3 aromatic rings. The topological polar surface area (TPSA) is 68.5 Å². The number of esters is 1. The highest BCUT2D eigenvalue weighted by Crippen LogP contribution is 2.51. The third kappa shape index (κ3) is 2.97. The van der Waals surface area contributed by atoms with Gasteiger partial charge in [0, 0.05) is 17.5 Å². The lowest BCUT2D eigenvalue weighted by atomic mass is 9.83. The van der Waals surface area contributed by atoms with Gasteiger partial charge in [0.25, 0.3) is 0 Å². The molecular weight excluding hydrogens is 388 g/mol. The molecule has 0 bridgehead atoms. The Balaban J connectivity index is 1.49. The van der Waals surface area contributed by atoms with Crippen molar-refractivity contribution in [2.45, 2.75) is 50.5 Å². The minimum Gasteiger partial charge on any atom is -0.465 e. The van der Waals surface area contributed by atoms with Gasteiger partial charge in [0.05, 0.1) is 24.6 Å². The van der Waals surface area contributed by atoms with Crippen molar-refractivity contribution in [2.24, 2.45) is 0 Å². The number of fused-ring (bicyclic) bond motifs is 3. The first-order valence-electron chi connectivity index (χ1n) is 10.1. The van der Waals surface area contributed by atoms with Gasteiger partial charge in [-0.2, -0.15) is 9.61 Å². The maximum absolute atomic E-state index is 11.6. The molecule has 150 valence electrons. The van der Waals surface area contributed by atoms with Crippen LogP contribution in [0.1, 0.15) is 59.3 Å². The van der Waals surface area contributed by atoms with E-state index in [1.165, 1.54) is 44.1 Å². The van der Waals surface area contributed by atoms with Crippen molar-refractivity contribution in [1.82, 2.24) is 14.6 Å². The highest BCUT2D eigenvalue weighted by Gasteiger charge is 2.44. The van der Waals surface area contributed by atoms with Crippen LogP contribution in [0.15, 0.2) is 30.5 Å². The number of carbonyl (C=O) groups is 1. The van der Waals surface area contributed by atoms with Crippen molar-refractivity contribution in [1.29, 1.82) is 0 Å². The highest BCUT2D eigenvalue weighted by atomic mass is 35.5. The Hall–Kier alpha value is -2.60. The molecule has 0 unspecified atom stereocenters. The van der Waals surface area contributed by atoms with E-state index < -0.39 is 0 Å². The second kappa shape index (κ2) is 7.02. The second-order valence-corrected chi connectivity index (χ2v) is 8.45. The lowest BCUT2D eigenvalue weighted by Gasteiger charge is -2.23. The Kier molecular flexibility index (Phi) is 4.46. The Labute approximate surface area is 174 Å². The van der Waals surface area contributed by atoms with Gasteiger partial charge in [-0.1, -0.05) is 36.6 Å². The van der Waals surface area contributed by atoms with E-state index in [9.17, 15) is 4.79 Å². The van der Waals surface area contributed by atoms with Crippen LogP contribution in [-0.2, 0) is 23.1 Å². The van der Waals surface area contributed by atoms with Crippen LogP contribution in [0, 0.1) is 0 Å². The predicted octanol–water partition coefficient (Wildman–Crippen LogP) is 4.54. The Morgan fingerprint density at radius 2 is 2.00 bits per heavy atom. The van der Waals surface area contributed by atoms with E-state index in [0.717, 1.165) is 29.9 Å². The molecule has 0 atom stereocenters. The number of halogens is 1. The highest BCUT2D eigenvalue weighted by molar-refractivity contribution is 6.33. The molecule has 5 rings (SSSR count). The summed E-state index contributed by atoms with van der Waals surface area (Å²) in [6.07, 6.45) is 8.80. The van der Waals surface area contributed by atoms with Gasteiger partial charge in [-0.3, -0.25) is 0 Å². The van der Waals surface area contributed by atoms with E-state index >= 15 is 0 Å². The molecule has 2 aromatic heterocycles. The molecule has 0 radical (unpaired) electrons. The monoisotopic (exact) mass is 410 g/mol. The summed E-state index contributed by atoms with van der Waals surface area (Å²) >= 11 is 6.40. The smallest absolute Gasteiger partial charge is 0.337 e. The zero-order chi connectivity index (χ0) is 20.0. The van der Waals surface area contributed by atoms with Crippen LogP contribution >= 0.6 is 11.6 Å². The SMILES string of the molecule is COC(=O)c1ccc(CNc2c3c(nc4c(Cl)cnn24)C2(CCCC2)CC3)cc1. The standard InChI is InChI=1S/C22H23ClN4O2/c1-29-21(28)15-6-4-14(5-7-15)12-24-19-16-8-11-22(9-2-3-10-22)18(16)26-20-17(23)13-25-27(19)20/h4-7,13,24H,2-3,8-12H2,1H3. The lowest BCUT2D eigenvalue weighted by Crippen LogP contribution is -2.20. The van der Waals surface area contributed by atoms with Gasteiger partial charge in [0.15, 0.2) is 5.65 Å². The van der Waals surface area contributed by atoms with Crippen LogP contribution in [0.4, 0.5) is 5.82 Å². The van der Waals surface area contributed by atoms with Crippen molar-refractivity contribution >= 4 is 29.0 Å². The molecule has 1 N–H and O–H groups in total. The van der Waals surface area contributed by atoms with E-state index in [-0.39, 0.29) is 11.4 Å². The van der Waals surface area contributed by atoms with Gasteiger partial charge >= 0.3 is 5.97 Å². The molecule has 1 spiro atoms. The summed E-state index contributed by atoms with van der Waals surface area (Å²) in [6.45, 7) is 0.623. The lowest BCUT2D eigenvalue weighted by molar-refractivity contribution is 0.0600. The number of ether oxygens (including phenoxy) is 1. The fourth-order valence-electron chi connectivity index (χ4n) is 4.94. The molecule has 7 heteroatoms. The molecule has 6 nitrogen and oxygen atoms in total. The Morgan fingerprint density at radius 1 is 1.24 bits per heavy atom. The van der Waals surface area contributed by atoms with Crippen molar-refractivity contribution in [3.05, 3.63) is 57.9 Å². The second-order valence-electron chi connectivity index (χ2n) is 8.04. The van der Waals surface area contributed by atoms with Gasteiger partial charge in [0.1, 0.15) is 10.8 Å². The van der Waals surface area contributed by atoms with Gasteiger partial charge in [-0.15, -0.1) is 0 Å². The number of rotatable bonds is 4. The number of methoxy groups -OCH3 is 1. The van der Waals surface area contributed by atoms with Crippen LogP contribution in [0.2, 0.25) is 5.02 Å². The number of carbonyl (C=O) groups excluding carboxylic acids is 1. The van der Waals surface area contributed by atoms with E-state index in [1.54, 1.807) is 18.3 Å². The Morgan fingerprint density at radius 3 is 2.72 bits per heavy atom. The molecular formula is C22H23ClN4O2. The van der Waals surface area contributed by atoms with Gasteiger partial charge < -0.3 is 10.1 Å². The van der Waals surface area contributed by atoms with E-state index in [1.807, 2.05) is 16.6 Å². The molecule has 2 aliphatic rings. The molecule has 0 saturated heterocycles. The number of aromatic nitrogens is 3. The molecule has 2 aliphatic carbocycles. The fourth-order valence-corrected chi connectivity index (χ4v) is 5.11. The first-order valence-corrected chi connectivity index (χ1v) is 10.5. The fraction of sp³-hybridized carbons (Fsp3) is 0.409. The summed E-state index contributed by atoms with van der Waals surface area (Å²) in [5.74, 6) is 0.656. The summed E-state index contributed by atoms with van der Waals surface area (Å²) in [5, 5.41) is 8.62. The molecule has 1 saturated carbocycles. The van der Waals surface area contributed by atoms with Crippen molar-refractivity contribution in [2.75, 3.05) is 12.4 Å². The number of hydrogen-bond acceptors (Lipinski definition) is 5. The molecule has 1 fully saturated rings. The number of benzene rings is 1. The predicted molar refractivity (Wildman–Crippen MR) is 112 cm³/mol. The maximum Gasteiger partial charge on any atom is 0.337 e. The zero-order valence-corrected chi connectivity index (χ0v) is 17.1. The van der Waals surface area contributed by atoms with Gasteiger partial charge in [0.2, 0.25) is 0 Å².